The first kappa shape index (κ1) is 6.40. The summed E-state index contributed by atoms with van der Waals surface area (Å²) in [5.41, 5.74) is 1.03. The van der Waals surface area contributed by atoms with E-state index in [-0.39, 0.29) is 0 Å². The van der Waals surface area contributed by atoms with Crippen molar-refractivity contribution in [1.29, 1.82) is 0 Å². The van der Waals surface area contributed by atoms with Crippen molar-refractivity contribution in [3.63, 3.8) is 0 Å². The molecule has 1 nitrogen and oxygen atoms in total. The molecule has 0 N–H and O–H groups in total. The zero-order valence-electron chi connectivity index (χ0n) is 5.00. The third-order valence-electron chi connectivity index (χ3n) is 1.18. The summed E-state index contributed by atoms with van der Waals surface area (Å²) in [6.45, 7) is 0. The fourth-order valence-electron chi connectivity index (χ4n) is 0.742. The Labute approximate surface area is 59.8 Å². The lowest BCUT2D eigenvalue weighted by Crippen LogP contribution is -1.81. The number of nitrogens with zero attached hydrogens (tertiary/aromatic N) is 1. The Balaban J connectivity index is 2.68. The van der Waals surface area contributed by atoms with Crippen LogP contribution in [0.3, 0.4) is 0 Å². The van der Waals surface area contributed by atoms with Gasteiger partial charge in [0.25, 0.3) is 0 Å². The molecule has 9 heavy (non-hydrogen) atoms. The molecule has 2 heteroatoms. The number of rotatable bonds is 1. The number of thiocarbonyl (C=S) groups is 1. The average molecular weight is 137 g/mol. The fraction of sp³-hybridized carbons (Fsp3) is 0.286. The highest BCUT2D eigenvalue weighted by molar-refractivity contribution is 7.78. The topological polar surface area (TPSA) is 12.4 Å². The molecule has 46 valence electrons. The van der Waals surface area contributed by atoms with Crippen molar-refractivity contribution in [2.75, 3.05) is 0 Å². The molecule has 0 unspecified atom stereocenters. The van der Waals surface area contributed by atoms with Gasteiger partial charge in [0.15, 0.2) is 0 Å². The van der Waals surface area contributed by atoms with Crippen LogP contribution in [0.15, 0.2) is 28.9 Å². The molecule has 0 aromatic carbocycles. The van der Waals surface area contributed by atoms with Crippen molar-refractivity contribution >= 4 is 17.4 Å². The van der Waals surface area contributed by atoms with Gasteiger partial charge < -0.3 is 0 Å². The van der Waals surface area contributed by atoms with Crippen LogP contribution in [-0.2, 0) is 0 Å². The van der Waals surface area contributed by atoms with Crippen molar-refractivity contribution in [2.24, 2.45) is 4.99 Å². The Morgan fingerprint density at radius 3 is 3.11 bits per heavy atom. The van der Waals surface area contributed by atoms with Crippen molar-refractivity contribution in [3.05, 3.63) is 23.9 Å². The Kier molecular flexibility index (Phi) is 2.37. The smallest absolute Gasteiger partial charge is 0.0637 e. The zero-order valence-corrected chi connectivity index (χ0v) is 5.82. The van der Waals surface area contributed by atoms with E-state index in [2.05, 4.69) is 28.4 Å². The Bertz CT molecular complexity index is 197. The van der Waals surface area contributed by atoms with E-state index < -0.39 is 0 Å². The van der Waals surface area contributed by atoms with Crippen molar-refractivity contribution in [2.45, 2.75) is 12.8 Å². The van der Waals surface area contributed by atoms with Gasteiger partial charge in [-0.15, -0.1) is 0 Å². The molecule has 0 saturated heterocycles. The summed E-state index contributed by atoms with van der Waals surface area (Å²) in [5, 5.41) is 2.34. The SMILES string of the molecule is S=C=NC1=CC=CCC1. The fourth-order valence-corrected chi connectivity index (χ4v) is 0.859. The van der Waals surface area contributed by atoms with E-state index in [0.29, 0.717) is 0 Å². The summed E-state index contributed by atoms with van der Waals surface area (Å²) < 4.78 is 0. The number of hydrogen-bond acceptors (Lipinski definition) is 2. The lowest BCUT2D eigenvalue weighted by molar-refractivity contribution is 0.947. The lowest BCUT2D eigenvalue weighted by Gasteiger charge is -1.98. The van der Waals surface area contributed by atoms with Gasteiger partial charge in [0.1, 0.15) is 0 Å². The van der Waals surface area contributed by atoms with E-state index in [1.807, 2.05) is 12.2 Å². The zero-order chi connectivity index (χ0) is 6.53. The molecular formula is C7H7NS. The second-order valence-electron chi connectivity index (χ2n) is 1.83. The van der Waals surface area contributed by atoms with Crippen LogP contribution in [0.1, 0.15) is 12.8 Å². The summed E-state index contributed by atoms with van der Waals surface area (Å²) in [6.07, 6.45) is 8.15. The Morgan fingerprint density at radius 2 is 2.56 bits per heavy atom. The minimum Gasteiger partial charge on any atom is -0.199 e. The van der Waals surface area contributed by atoms with Gasteiger partial charge in [-0.3, -0.25) is 0 Å². The van der Waals surface area contributed by atoms with E-state index in [9.17, 15) is 0 Å². The van der Waals surface area contributed by atoms with Gasteiger partial charge in [0.05, 0.1) is 10.9 Å². The van der Waals surface area contributed by atoms with Gasteiger partial charge in [-0.05, 0) is 31.1 Å². The highest BCUT2D eigenvalue weighted by atomic mass is 32.1. The van der Waals surface area contributed by atoms with Gasteiger partial charge in [0, 0.05) is 0 Å². The summed E-state index contributed by atoms with van der Waals surface area (Å²) in [6, 6.07) is 0. The van der Waals surface area contributed by atoms with Crippen LogP contribution in [0, 0.1) is 0 Å². The Hall–Kier alpha value is -0.720. The predicted octanol–water partition coefficient (Wildman–Crippen LogP) is 2.32. The van der Waals surface area contributed by atoms with Crippen molar-refractivity contribution < 1.29 is 0 Å². The molecule has 0 heterocycles. The van der Waals surface area contributed by atoms with Crippen molar-refractivity contribution in [3.8, 4) is 0 Å². The normalized spacial score (nSPS) is 16.2. The third kappa shape index (κ3) is 1.92. The largest absolute Gasteiger partial charge is 0.199 e. The molecule has 1 rings (SSSR count). The van der Waals surface area contributed by atoms with Crippen LogP contribution in [-0.4, -0.2) is 5.16 Å². The maximum atomic E-state index is 4.45. The third-order valence-corrected chi connectivity index (χ3v) is 1.27. The van der Waals surface area contributed by atoms with Gasteiger partial charge in [0.2, 0.25) is 0 Å². The number of allylic oxidation sites excluding steroid dienone is 4. The lowest BCUT2D eigenvalue weighted by atomic mass is 10.1. The molecule has 0 spiro atoms. The highest BCUT2D eigenvalue weighted by Gasteiger charge is 1.93. The van der Waals surface area contributed by atoms with Crippen LogP contribution in [0.2, 0.25) is 0 Å². The summed E-state index contributed by atoms with van der Waals surface area (Å²) in [4.78, 5) is 3.86. The second-order valence-corrected chi connectivity index (χ2v) is 2.01. The van der Waals surface area contributed by atoms with Crippen LogP contribution in [0.25, 0.3) is 0 Å². The van der Waals surface area contributed by atoms with E-state index in [0.717, 1.165) is 18.5 Å². The first-order valence-corrected chi connectivity index (χ1v) is 3.28. The van der Waals surface area contributed by atoms with Gasteiger partial charge >= 0.3 is 0 Å². The van der Waals surface area contributed by atoms with Crippen LogP contribution in [0.4, 0.5) is 0 Å². The number of isothiocyanates is 1. The van der Waals surface area contributed by atoms with Gasteiger partial charge in [-0.2, -0.15) is 4.99 Å². The summed E-state index contributed by atoms with van der Waals surface area (Å²) >= 11 is 4.45. The first-order valence-electron chi connectivity index (χ1n) is 2.87. The van der Waals surface area contributed by atoms with E-state index in [1.165, 1.54) is 0 Å². The maximum Gasteiger partial charge on any atom is 0.0637 e. The van der Waals surface area contributed by atoms with Gasteiger partial charge in [-0.1, -0.05) is 12.2 Å². The van der Waals surface area contributed by atoms with E-state index in [1.54, 1.807) is 0 Å². The molecule has 0 aromatic rings. The van der Waals surface area contributed by atoms with E-state index in [4.69, 9.17) is 0 Å². The quantitative estimate of drug-likeness (QED) is 0.399. The average Bonchev–Trinajstić information content (AvgIpc) is 1.91. The molecule has 0 aromatic heterocycles. The first-order chi connectivity index (χ1) is 4.43. The summed E-state index contributed by atoms with van der Waals surface area (Å²) in [5.74, 6) is 0. The molecule has 0 aliphatic heterocycles. The van der Waals surface area contributed by atoms with Crippen LogP contribution < -0.4 is 0 Å². The molecule has 0 bridgehead atoms. The van der Waals surface area contributed by atoms with Crippen LogP contribution in [0.5, 0.6) is 0 Å². The minimum atomic E-state index is 1.00. The number of hydrogen-bond donors (Lipinski definition) is 0. The van der Waals surface area contributed by atoms with Gasteiger partial charge in [-0.25, -0.2) is 0 Å². The molecular weight excluding hydrogens is 130 g/mol. The highest BCUT2D eigenvalue weighted by Crippen LogP contribution is 2.11. The molecule has 0 fully saturated rings. The van der Waals surface area contributed by atoms with Crippen LogP contribution >= 0.6 is 12.2 Å². The minimum absolute atomic E-state index is 1.00. The maximum absolute atomic E-state index is 4.45. The second kappa shape index (κ2) is 3.33. The van der Waals surface area contributed by atoms with Crippen molar-refractivity contribution in [1.82, 2.24) is 0 Å². The summed E-state index contributed by atoms with van der Waals surface area (Å²) in [7, 11) is 0. The molecule has 0 saturated carbocycles. The molecule has 1 aliphatic rings. The molecule has 0 atom stereocenters. The predicted molar refractivity (Wildman–Crippen MR) is 41.5 cm³/mol. The standard InChI is InChI=1S/C7H7NS/c9-6-8-7-4-2-1-3-5-7/h1-2,4H,3,5H2. The molecule has 1 aliphatic carbocycles. The molecule has 0 amide bonds. The number of aliphatic imine (C=N–C) groups is 1. The molecule has 0 radical (unpaired) electrons. The monoisotopic (exact) mass is 137 g/mol. The Morgan fingerprint density at radius 1 is 1.67 bits per heavy atom. The van der Waals surface area contributed by atoms with E-state index >= 15 is 0 Å².